The summed E-state index contributed by atoms with van der Waals surface area (Å²) in [6, 6.07) is 0. The van der Waals surface area contributed by atoms with E-state index in [0.717, 1.165) is 116 Å². The maximum absolute atomic E-state index is 12.5. The topological polar surface area (TPSA) is 61.8 Å². The normalized spacial score (nSPS) is 13.2. The third-order valence-electron chi connectivity index (χ3n) is 8.62. The largest absolute Gasteiger partial charge is 0.462 e. The van der Waals surface area contributed by atoms with Crippen molar-refractivity contribution in [2.24, 2.45) is 0 Å². The van der Waals surface area contributed by atoms with Gasteiger partial charge in [0.05, 0.1) is 6.61 Å². The van der Waals surface area contributed by atoms with Gasteiger partial charge < -0.3 is 14.2 Å². The van der Waals surface area contributed by atoms with Crippen molar-refractivity contribution in [2.75, 3.05) is 19.8 Å². The highest BCUT2D eigenvalue weighted by Crippen LogP contribution is 2.10. The van der Waals surface area contributed by atoms with Gasteiger partial charge in [-0.2, -0.15) is 0 Å². The van der Waals surface area contributed by atoms with Crippen molar-refractivity contribution < 1.29 is 23.8 Å². The van der Waals surface area contributed by atoms with Crippen LogP contribution in [0.2, 0.25) is 0 Å². The van der Waals surface area contributed by atoms with Crippen molar-refractivity contribution in [1.29, 1.82) is 0 Å². The first-order chi connectivity index (χ1) is 26.6. The van der Waals surface area contributed by atoms with Crippen LogP contribution in [-0.4, -0.2) is 37.9 Å². The first kappa shape index (κ1) is 50.8. The van der Waals surface area contributed by atoms with Crippen molar-refractivity contribution >= 4 is 11.9 Å². The molecule has 5 nitrogen and oxygen atoms in total. The molecule has 0 aromatic rings. The molecular formula is C49H80O5. The fraction of sp³-hybridized carbons (Fsp3) is 0.633. The Hall–Kier alpha value is -3.18. The Morgan fingerprint density at radius 1 is 0.426 bits per heavy atom. The number of ether oxygens (including phenoxy) is 3. The minimum atomic E-state index is -0.561. The zero-order valence-corrected chi connectivity index (χ0v) is 34.9. The lowest BCUT2D eigenvalue weighted by atomic mass is 10.1. The van der Waals surface area contributed by atoms with Crippen LogP contribution in [0.15, 0.2) is 97.2 Å². The monoisotopic (exact) mass is 749 g/mol. The second-order valence-corrected chi connectivity index (χ2v) is 13.8. The Balaban J connectivity index is 4.19. The van der Waals surface area contributed by atoms with Crippen LogP contribution in [0.5, 0.6) is 0 Å². The molecule has 0 aliphatic carbocycles. The summed E-state index contributed by atoms with van der Waals surface area (Å²) in [4.78, 5) is 25.0. The average Bonchev–Trinajstić information content (AvgIpc) is 3.17. The molecule has 5 heteroatoms. The Morgan fingerprint density at radius 3 is 1.33 bits per heavy atom. The SMILES string of the molecule is CC/C=C\C/C=C\C/C=C\C/C=C\C/C=C\CCCCCC(=O)OCC(COCCCCCC/C=C\C/C=C\C/C=C\CC)OC(=O)CCCCCCC. The summed E-state index contributed by atoms with van der Waals surface area (Å²) in [5.74, 6) is -0.470. The van der Waals surface area contributed by atoms with E-state index in [9.17, 15) is 9.59 Å². The zero-order chi connectivity index (χ0) is 39.3. The van der Waals surface area contributed by atoms with Gasteiger partial charge in [0.1, 0.15) is 6.61 Å². The molecule has 0 heterocycles. The standard InChI is InChI=1S/C49H80O5/c1-4-7-10-13-15-17-19-21-23-24-25-26-27-28-30-32-34-37-39-42-48(50)53-46-47(54-49(51)43-40-36-12-9-6-3)45-52-44-41-38-35-33-31-29-22-20-18-16-14-11-8-5-2/h7-8,10-11,15-18,21-23,25-26,28-30,47H,4-6,9,12-14,19-20,24,27,31-46H2,1-3H3/b10-7-,11-8-,17-15-,18-16-,23-21-,26-25-,29-22-,30-28-. The first-order valence-corrected chi connectivity index (χ1v) is 21.8. The Bertz CT molecular complexity index is 1070. The molecule has 1 unspecified atom stereocenters. The van der Waals surface area contributed by atoms with Gasteiger partial charge in [-0.3, -0.25) is 9.59 Å². The van der Waals surface area contributed by atoms with Gasteiger partial charge in [-0.15, -0.1) is 0 Å². The van der Waals surface area contributed by atoms with Gasteiger partial charge in [-0.1, -0.05) is 163 Å². The molecule has 0 amide bonds. The number of rotatable bonds is 38. The summed E-state index contributed by atoms with van der Waals surface area (Å²) in [7, 11) is 0. The second-order valence-electron chi connectivity index (χ2n) is 13.8. The Morgan fingerprint density at radius 2 is 0.833 bits per heavy atom. The van der Waals surface area contributed by atoms with Gasteiger partial charge >= 0.3 is 11.9 Å². The van der Waals surface area contributed by atoms with Gasteiger partial charge in [0.2, 0.25) is 0 Å². The van der Waals surface area contributed by atoms with Crippen LogP contribution in [0.1, 0.15) is 175 Å². The summed E-state index contributed by atoms with van der Waals surface area (Å²) in [6.07, 6.45) is 58.6. The first-order valence-electron chi connectivity index (χ1n) is 21.8. The van der Waals surface area contributed by atoms with Crippen molar-refractivity contribution in [3.63, 3.8) is 0 Å². The second kappa shape index (κ2) is 44.2. The zero-order valence-electron chi connectivity index (χ0n) is 34.9. The van der Waals surface area contributed by atoms with Gasteiger partial charge in [0.15, 0.2) is 6.10 Å². The highest BCUT2D eigenvalue weighted by atomic mass is 16.6. The lowest BCUT2D eigenvalue weighted by Crippen LogP contribution is -2.30. The molecule has 0 spiro atoms. The van der Waals surface area contributed by atoms with Crippen LogP contribution in [0.25, 0.3) is 0 Å². The molecule has 0 saturated carbocycles. The van der Waals surface area contributed by atoms with Crippen LogP contribution in [0.3, 0.4) is 0 Å². The summed E-state index contributed by atoms with van der Waals surface area (Å²) < 4.78 is 17.1. The molecule has 0 aliphatic heterocycles. The van der Waals surface area contributed by atoms with E-state index >= 15 is 0 Å². The third kappa shape index (κ3) is 41.6. The van der Waals surface area contributed by atoms with Crippen LogP contribution < -0.4 is 0 Å². The van der Waals surface area contributed by atoms with Gasteiger partial charge in [0, 0.05) is 19.4 Å². The number of unbranched alkanes of at least 4 members (excludes halogenated alkanes) is 11. The molecule has 0 fully saturated rings. The van der Waals surface area contributed by atoms with Gasteiger partial charge in [0.25, 0.3) is 0 Å². The molecule has 0 bridgehead atoms. The van der Waals surface area contributed by atoms with E-state index in [-0.39, 0.29) is 25.2 Å². The van der Waals surface area contributed by atoms with E-state index in [1.54, 1.807) is 0 Å². The van der Waals surface area contributed by atoms with E-state index in [0.29, 0.717) is 19.4 Å². The van der Waals surface area contributed by atoms with E-state index < -0.39 is 6.10 Å². The van der Waals surface area contributed by atoms with Crippen LogP contribution in [0.4, 0.5) is 0 Å². The number of allylic oxidation sites excluding steroid dienone is 16. The predicted molar refractivity (Wildman–Crippen MR) is 233 cm³/mol. The minimum absolute atomic E-state index is 0.0530. The summed E-state index contributed by atoms with van der Waals surface area (Å²) in [5.41, 5.74) is 0. The molecule has 0 rings (SSSR count). The van der Waals surface area contributed by atoms with E-state index in [2.05, 4.69) is 118 Å². The van der Waals surface area contributed by atoms with Crippen LogP contribution >= 0.6 is 0 Å². The number of hydrogen-bond donors (Lipinski definition) is 0. The third-order valence-corrected chi connectivity index (χ3v) is 8.62. The van der Waals surface area contributed by atoms with E-state index in [1.165, 1.54) is 25.7 Å². The van der Waals surface area contributed by atoms with Gasteiger partial charge in [-0.05, 0) is 96.3 Å². The summed E-state index contributed by atoms with van der Waals surface area (Å²) >= 11 is 0. The molecular weight excluding hydrogens is 669 g/mol. The molecule has 0 aromatic carbocycles. The number of carbonyl (C=O) groups is 2. The summed E-state index contributed by atoms with van der Waals surface area (Å²) in [5, 5.41) is 0. The average molecular weight is 749 g/mol. The van der Waals surface area contributed by atoms with E-state index in [4.69, 9.17) is 14.2 Å². The van der Waals surface area contributed by atoms with Crippen molar-refractivity contribution in [3.8, 4) is 0 Å². The molecule has 306 valence electrons. The maximum Gasteiger partial charge on any atom is 0.306 e. The molecule has 54 heavy (non-hydrogen) atoms. The summed E-state index contributed by atoms with van der Waals surface area (Å²) in [6.45, 7) is 7.42. The van der Waals surface area contributed by atoms with Crippen molar-refractivity contribution in [1.82, 2.24) is 0 Å². The molecule has 0 aromatic heterocycles. The lowest BCUT2D eigenvalue weighted by Gasteiger charge is -2.18. The molecule has 0 saturated heterocycles. The number of hydrogen-bond acceptors (Lipinski definition) is 5. The Labute approximate surface area is 332 Å². The van der Waals surface area contributed by atoms with Gasteiger partial charge in [-0.25, -0.2) is 0 Å². The van der Waals surface area contributed by atoms with Crippen LogP contribution in [0, 0.1) is 0 Å². The maximum atomic E-state index is 12.5. The fourth-order valence-electron chi connectivity index (χ4n) is 5.43. The fourth-order valence-corrected chi connectivity index (χ4v) is 5.43. The number of esters is 2. The number of carbonyl (C=O) groups excluding carboxylic acids is 2. The quantitative estimate of drug-likeness (QED) is 0.0357. The lowest BCUT2D eigenvalue weighted by molar-refractivity contribution is -0.163. The molecule has 0 radical (unpaired) electrons. The highest BCUT2D eigenvalue weighted by Gasteiger charge is 2.17. The molecule has 0 aliphatic rings. The molecule has 1 atom stereocenters. The van der Waals surface area contributed by atoms with Crippen molar-refractivity contribution in [2.45, 2.75) is 181 Å². The van der Waals surface area contributed by atoms with E-state index in [1.807, 2.05) is 0 Å². The predicted octanol–water partition coefficient (Wildman–Crippen LogP) is 14.3. The minimum Gasteiger partial charge on any atom is -0.462 e. The molecule has 0 N–H and O–H groups in total. The smallest absolute Gasteiger partial charge is 0.306 e. The Kier molecular flexibility index (Phi) is 41.6. The highest BCUT2D eigenvalue weighted by molar-refractivity contribution is 5.70. The van der Waals surface area contributed by atoms with Crippen molar-refractivity contribution in [3.05, 3.63) is 97.2 Å². The van der Waals surface area contributed by atoms with Crippen LogP contribution in [-0.2, 0) is 23.8 Å².